The van der Waals surface area contributed by atoms with Crippen LogP contribution in [0.25, 0.3) is 0 Å². The number of carbonyl (C=O) groups excluding carboxylic acids is 2. The quantitative estimate of drug-likeness (QED) is 0.335. The van der Waals surface area contributed by atoms with E-state index in [1.165, 1.54) is 21.3 Å². The van der Waals surface area contributed by atoms with Gasteiger partial charge < -0.3 is 25.3 Å². The topological polar surface area (TPSA) is 171 Å². The molecule has 0 saturated carbocycles. The van der Waals surface area contributed by atoms with E-state index in [2.05, 4.69) is 25.3 Å². The number of nitrogens with zero attached hydrogens (tertiary/aromatic N) is 7. The summed E-state index contributed by atoms with van der Waals surface area (Å²) in [5.74, 6) is -0.903. The first-order valence-electron chi connectivity index (χ1n) is 13.1. The monoisotopic (exact) mass is 573 g/mol. The van der Waals surface area contributed by atoms with Gasteiger partial charge in [0.05, 0.1) is 24.2 Å². The third kappa shape index (κ3) is 5.85. The number of anilines is 1. The highest BCUT2D eigenvalue weighted by atomic mass is 32.2. The van der Waals surface area contributed by atoms with E-state index in [1.807, 2.05) is 20.9 Å². The minimum atomic E-state index is -3.91. The van der Waals surface area contributed by atoms with Crippen molar-refractivity contribution >= 4 is 27.5 Å². The fraction of sp³-hybridized carbons (Fsp3) is 0.480. The molecule has 0 atom stereocenters. The smallest absolute Gasteiger partial charge is 0.269 e. The van der Waals surface area contributed by atoms with Gasteiger partial charge in [0, 0.05) is 45.6 Å². The van der Waals surface area contributed by atoms with E-state index in [0.29, 0.717) is 44.1 Å². The number of imidazole rings is 1. The number of nitrogens with two attached hydrogens (primary N) is 1. The molecule has 1 fully saturated rings. The summed E-state index contributed by atoms with van der Waals surface area (Å²) in [6.45, 7) is 8.67. The number of primary amides is 1. The van der Waals surface area contributed by atoms with E-state index in [0.717, 1.165) is 6.54 Å². The van der Waals surface area contributed by atoms with Gasteiger partial charge in [-0.25, -0.2) is 23.1 Å². The van der Waals surface area contributed by atoms with Crippen molar-refractivity contribution in [2.24, 2.45) is 12.8 Å². The van der Waals surface area contributed by atoms with Gasteiger partial charge in [0.15, 0.2) is 0 Å². The van der Waals surface area contributed by atoms with Crippen LogP contribution in [0.15, 0.2) is 29.6 Å². The standard InChI is InChI=1S/C25H35N9O5S/c1-5-19-21(22(23(26)35)34(30-19)16-20-27-8-9-31(20)4)29-24(36)18-14-17(15-28-25(18)39-7-3)40(37,38)33-12-10-32(6-2)11-13-33/h8-9,14-15H,5-7,10-13,16H2,1-4H3,(H2,26,35)(H,29,36). The van der Waals surface area contributed by atoms with Crippen molar-refractivity contribution in [1.82, 2.24) is 33.5 Å². The summed E-state index contributed by atoms with van der Waals surface area (Å²) in [5, 5.41) is 7.22. The Morgan fingerprint density at radius 2 is 1.85 bits per heavy atom. The number of ether oxygens (including phenoxy) is 1. The van der Waals surface area contributed by atoms with Crippen LogP contribution >= 0.6 is 0 Å². The average molecular weight is 574 g/mol. The SMILES string of the molecule is CCOc1ncc(S(=O)(=O)N2CCN(CC)CC2)cc1C(=O)Nc1c(CC)nn(Cc2nccn2C)c1C(N)=O. The second kappa shape index (κ2) is 12.1. The molecular weight excluding hydrogens is 538 g/mol. The summed E-state index contributed by atoms with van der Waals surface area (Å²) < 4.78 is 37.0. The van der Waals surface area contributed by atoms with Gasteiger partial charge in [0.2, 0.25) is 15.9 Å². The van der Waals surface area contributed by atoms with E-state index in [9.17, 15) is 18.0 Å². The second-order valence-electron chi connectivity index (χ2n) is 9.25. The Labute approximate surface area is 233 Å². The first kappa shape index (κ1) is 29.2. The lowest BCUT2D eigenvalue weighted by Gasteiger charge is -2.33. The van der Waals surface area contributed by atoms with Gasteiger partial charge in [0.25, 0.3) is 11.8 Å². The molecule has 3 aromatic heterocycles. The molecule has 0 aromatic carbocycles. The Morgan fingerprint density at radius 3 is 2.42 bits per heavy atom. The molecule has 0 spiro atoms. The first-order valence-corrected chi connectivity index (χ1v) is 14.6. The zero-order valence-corrected chi connectivity index (χ0v) is 23.9. The van der Waals surface area contributed by atoms with E-state index < -0.39 is 21.8 Å². The molecule has 0 aliphatic carbocycles. The number of likely N-dealkylation sites (N-methyl/N-ethyl adjacent to an activating group) is 1. The molecule has 40 heavy (non-hydrogen) atoms. The second-order valence-corrected chi connectivity index (χ2v) is 11.2. The third-order valence-electron chi connectivity index (χ3n) is 6.81. The number of hydrogen-bond acceptors (Lipinski definition) is 9. The largest absolute Gasteiger partial charge is 0.477 e. The highest BCUT2D eigenvalue weighted by Crippen LogP contribution is 2.27. The highest BCUT2D eigenvalue weighted by Gasteiger charge is 2.31. The van der Waals surface area contributed by atoms with Crippen LogP contribution in [0, 0.1) is 0 Å². The molecular formula is C25H35N9O5S. The molecule has 1 aliphatic heterocycles. The Bertz CT molecular complexity index is 1490. The summed E-state index contributed by atoms with van der Waals surface area (Å²) in [6.07, 6.45) is 4.97. The molecule has 14 nitrogen and oxygen atoms in total. The van der Waals surface area contributed by atoms with Crippen LogP contribution in [0.2, 0.25) is 0 Å². The number of piperazine rings is 1. The number of carbonyl (C=O) groups is 2. The van der Waals surface area contributed by atoms with Crippen molar-refractivity contribution < 1.29 is 22.7 Å². The minimum Gasteiger partial charge on any atom is -0.477 e. The Kier molecular flexibility index (Phi) is 8.85. The minimum absolute atomic E-state index is 0.00306. The molecule has 1 aliphatic rings. The Hall–Kier alpha value is -3.82. The lowest BCUT2D eigenvalue weighted by Crippen LogP contribution is -2.48. The normalized spacial score (nSPS) is 14.8. The molecule has 216 valence electrons. The maximum atomic E-state index is 13.6. The number of sulfonamides is 1. The lowest BCUT2D eigenvalue weighted by atomic mass is 10.2. The van der Waals surface area contributed by atoms with Gasteiger partial charge in [-0.15, -0.1) is 0 Å². The van der Waals surface area contributed by atoms with E-state index >= 15 is 0 Å². The maximum absolute atomic E-state index is 13.6. The molecule has 4 heterocycles. The van der Waals surface area contributed by atoms with Crippen LogP contribution in [-0.2, 0) is 30.0 Å². The zero-order valence-electron chi connectivity index (χ0n) is 23.1. The molecule has 4 rings (SSSR count). The first-order chi connectivity index (χ1) is 19.1. The number of aromatic nitrogens is 5. The lowest BCUT2D eigenvalue weighted by molar-refractivity contribution is 0.0991. The molecule has 0 bridgehead atoms. The average Bonchev–Trinajstić information content (AvgIpc) is 3.51. The summed E-state index contributed by atoms with van der Waals surface area (Å²) in [6, 6.07) is 1.25. The summed E-state index contributed by atoms with van der Waals surface area (Å²) >= 11 is 0. The van der Waals surface area contributed by atoms with Crippen LogP contribution in [0.3, 0.4) is 0 Å². The number of hydrogen-bond donors (Lipinski definition) is 2. The number of pyridine rings is 1. The fourth-order valence-electron chi connectivity index (χ4n) is 4.54. The Morgan fingerprint density at radius 1 is 1.12 bits per heavy atom. The zero-order chi connectivity index (χ0) is 29.0. The molecule has 2 amide bonds. The summed E-state index contributed by atoms with van der Waals surface area (Å²) in [4.78, 5) is 36.6. The van der Waals surface area contributed by atoms with Crippen LogP contribution in [0.1, 0.15) is 53.1 Å². The van der Waals surface area contributed by atoms with Gasteiger partial charge in [-0.2, -0.15) is 9.40 Å². The number of rotatable bonds is 11. The van der Waals surface area contributed by atoms with Crippen molar-refractivity contribution in [2.75, 3.05) is 44.6 Å². The summed E-state index contributed by atoms with van der Waals surface area (Å²) in [5.41, 5.74) is 6.20. The van der Waals surface area contributed by atoms with Crippen molar-refractivity contribution in [3.63, 3.8) is 0 Å². The number of nitrogens with one attached hydrogen (secondary N) is 1. The number of aryl methyl sites for hydroxylation is 2. The predicted octanol–water partition coefficient (Wildman–Crippen LogP) is 0.698. The Balaban J connectivity index is 1.69. The molecule has 0 radical (unpaired) electrons. The van der Waals surface area contributed by atoms with Crippen molar-refractivity contribution in [3.05, 3.63) is 47.4 Å². The third-order valence-corrected chi connectivity index (χ3v) is 8.68. The van der Waals surface area contributed by atoms with Crippen molar-refractivity contribution in [1.29, 1.82) is 0 Å². The van der Waals surface area contributed by atoms with E-state index in [4.69, 9.17) is 10.5 Å². The van der Waals surface area contributed by atoms with Crippen LogP contribution in [-0.4, -0.2) is 93.1 Å². The van der Waals surface area contributed by atoms with Crippen molar-refractivity contribution in [2.45, 2.75) is 38.6 Å². The molecule has 3 N–H and O–H groups in total. The van der Waals surface area contributed by atoms with E-state index in [-0.39, 0.29) is 40.9 Å². The fourth-order valence-corrected chi connectivity index (χ4v) is 5.94. The number of amides is 2. The van der Waals surface area contributed by atoms with Gasteiger partial charge in [-0.3, -0.25) is 9.59 Å². The van der Waals surface area contributed by atoms with Crippen LogP contribution in [0.5, 0.6) is 5.88 Å². The van der Waals surface area contributed by atoms with Crippen molar-refractivity contribution in [3.8, 4) is 5.88 Å². The molecule has 3 aromatic rings. The van der Waals surface area contributed by atoms with Gasteiger partial charge >= 0.3 is 0 Å². The van der Waals surface area contributed by atoms with Gasteiger partial charge in [-0.05, 0) is 26.0 Å². The highest BCUT2D eigenvalue weighted by molar-refractivity contribution is 7.89. The molecule has 15 heteroatoms. The predicted molar refractivity (Wildman–Crippen MR) is 147 cm³/mol. The van der Waals surface area contributed by atoms with Gasteiger partial charge in [-0.1, -0.05) is 13.8 Å². The molecule has 0 unspecified atom stereocenters. The maximum Gasteiger partial charge on any atom is 0.269 e. The van der Waals surface area contributed by atoms with E-state index in [1.54, 1.807) is 23.9 Å². The summed E-state index contributed by atoms with van der Waals surface area (Å²) in [7, 11) is -2.10. The van der Waals surface area contributed by atoms with Crippen LogP contribution < -0.4 is 15.8 Å². The van der Waals surface area contributed by atoms with Gasteiger partial charge in [0.1, 0.15) is 28.5 Å². The van der Waals surface area contributed by atoms with Crippen LogP contribution in [0.4, 0.5) is 5.69 Å². The molecule has 1 saturated heterocycles.